The quantitative estimate of drug-likeness (QED) is 0.751. The van der Waals surface area contributed by atoms with Gasteiger partial charge in [0.25, 0.3) is 0 Å². The molecule has 1 aliphatic rings. The summed E-state index contributed by atoms with van der Waals surface area (Å²) in [6.07, 6.45) is 1.43. The van der Waals surface area contributed by atoms with Gasteiger partial charge in [0.1, 0.15) is 0 Å². The molecule has 0 atom stereocenters. The highest BCUT2D eigenvalue weighted by atomic mass is 32.1. The molecule has 0 fully saturated rings. The van der Waals surface area contributed by atoms with Gasteiger partial charge in [-0.3, -0.25) is 4.79 Å². The van der Waals surface area contributed by atoms with Gasteiger partial charge in [-0.2, -0.15) is 0 Å². The van der Waals surface area contributed by atoms with E-state index in [-0.39, 0.29) is 5.91 Å². The minimum absolute atomic E-state index is 0.234. The van der Waals surface area contributed by atoms with E-state index in [0.29, 0.717) is 12.3 Å². The number of fused-ring (bicyclic) bond motifs is 3. The summed E-state index contributed by atoms with van der Waals surface area (Å²) in [7, 11) is 0. The normalized spacial score (nSPS) is 14.4. The Morgan fingerprint density at radius 2 is 2.21 bits per heavy atom. The molecule has 24 heavy (non-hydrogen) atoms. The molecule has 1 amide bonds. The first-order chi connectivity index (χ1) is 11.6. The number of rotatable bonds is 3. The van der Waals surface area contributed by atoms with Crippen LogP contribution in [0.15, 0.2) is 35.7 Å². The third-order valence-electron chi connectivity index (χ3n) is 4.92. The molecule has 0 saturated carbocycles. The number of nitrogens with zero attached hydrogens (tertiary/aromatic N) is 1. The molecule has 1 aliphatic heterocycles. The lowest BCUT2D eigenvalue weighted by molar-refractivity contribution is -0.131. The molecule has 0 unspecified atom stereocenters. The SMILES string of the molecule is CC(C)c1ccc2[nH]c3c(c2c1)CN(C(=O)Cc1cccs1)CC3. The molecular weight excluding hydrogens is 316 g/mol. The Bertz CT molecular complexity index is 877. The predicted molar refractivity (Wildman–Crippen MR) is 99.5 cm³/mol. The first kappa shape index (κ1) is 15.5. The zero-order chi connectivity index (χ0) is 16.7. The molecule has 1 aromatic carbocycles. The van der Waals surface area contributed by atoms with Gasteiger partial charge in [0.05, 0.1) is 6.42 Å². The highest BCUT2D eigenvalue weighted by Crippen LogP contribution is 2.30. The number of aromatic nitrogens is 1. The molecule has 4 heteroatoms. The van der Waals surface area contributed by atoms with Crippen molar-refractivity contribution in [3.63, 3.8) is 0 Å². The average molecular weight is 338 g/mol. The van der Waals surface area contributed by atoms with Crippen LogP contribution in [0.1, 0.15) is 41.5 Å². The van der Waals surface area contributed by atoms with Gasteiger partial charge in [-0.1, -0.05) is 26.0 Å². The second kappa shape index (κ2) is 6.10. The van der Waals surface area contributed by atoms with Gasteiger partial charge in [-0.15, -0.1) is 11.3 Å². The average Bonchev–Trinajstić information content (AvgIpc) is 3.20. The fraction of sp³-hybridized carbons (Fsp3) is 0.350. The second-order valence-corrected chi connectivity index (χ2v) is 7.90. The van der Waals surface area contributed by atoms with Crippen molar-refractivity contribution in [2.75, 3.05) is 6.54 Å². The zero-order valence-corrected chi connectivity index (χ0v) is 15.0. The first-order valence-electron chi connectivity index (χ1n) is 8.55. The molecule has 0 radical (unpaired) electrons. The number of aromatic amines is 1. The number of benzene rings is 1. The largest absolute Gasteiger partial charge is 0.358 e. The summed E-state index contributed by atoms with van der Waals surface area (Å²) < 4.78 is 0. The first-order valence-corrected chi connectivity index (χ1v) is 9.43. The van der Waals surface area contributed by atoms with E-state index < -0.39 is 0 Å². The molecule has 3 aromatic rings. The van der Waals surface area contributed by atoms with Crippen LogP contribution in [0.5, 0.6) is 0 Å². The number of carbonyl (C=O) groups excluding carboxylic acids is 1. The van der Waals surface area contributed by atoms with Crippen molar-refractivity contribution in [2.45, 2.75) is 39.2 Å². The van der Waals surface area contributed by atoms with Crippen molar-refractivity contribution < 1.29 is 4.79 Å². The van der Waals surface area contributed by atoms with Crippen molar-refractivity contribution in [3.8, 4) is 0 Å². The van der Waals surface area contributed by atoms with Crippen LogP contribution in [-0.2, 0) is 24.2 Å². The van der Waals surface area contributed by atoms with E-state index in [1.807, 2.05) is 22.4 Å². The predicted octanol–water partition coefficient (Wildman–Crippen LogP) is 4.48. The maximum absolute atomic E-state index is 12.6. The Morgan fingerprint density at radius 1 is 1.33 bits per heavy atom. The Kier molecular flexibility index (Phi) is 3.93. The standard InChI is InChI=1S/C20H22N2OS/c1-13(2)14-5-6-18-16(10-14)17-12-22(8-7-19(17)21-18)20(23)11-15-4-3-9-24-15/h3-6,9-10,13,21H,7-8,11-12H2,1-2H3. The molecule has 0 saturated heterocycles. The fourth-order valence-corrected chi connectivity index (χ4v) is 4.17. The van der Waals surface area contributed by atoms with Crippen molar-refractivity contribution in [1.29, 1.82) is 0 Å². The molecule has 3 nitrogen and oxygen atoms in total. The number of hydrogen-bond acceptors (Lipinski definition) is 2. The maximum Gasteiger partial charge on any atom is 0.228 e. The van der Waals surface area contributed by atoms with Gasteiger partial charge in [-0.05, 0) is 35.1 Å². The van der Waals surface area contributed by atoms with Crippen LogP contribution in [0, 0.1) is 0 Å². The Hall–Kier alpha value is -2.07. The maximum atomic E-state index is 12.6. The van der Waals surface area contributed by atoms with Crippen molar-refractivity contribution in [1.82, 2.24) is 9.88 Å². The van der Waals surface area contributed by atoms with Crippen LogP contribution in [-0.4, -0.2) is 22.3 Å². The molecule has 4 rings (SSSR count). The Labute approximate surface area is 146 Å². The molecule has 0 aliphatic carbocycles. The van der Waals surface area contributed by atoms with E-state index in [9.17, 15) is 4.79 Å². The number of nitrogens with one attached hydrogen (secondary N) is 1. The Morgan fingerprint density at radius 3 is 2.96 bits per heavy atom. The third-order valence-corrected chi connectivity index (χ3v) is 5.80. The lowest BCUT2D eigenvalue weighted by Crippen LogP contribution is -2.36. The summed E-state index contributed by atoms with van der Waals surface area (Å²) in [5.74, 6) is 0.748. The van der Waals surface area contributed by atoms with Crippen LogP contribution in [0.25, 0.3) is 10.9 Å². The third kappa shape index (κ3) is 2.75. The monoisotopic (exact) mass is 338 g/mol. The summed E-state index contributed by atoms with van der Waals surface area (Å²) >= 11 is 1.66. The van der Waals surface area contributed by atoms with Crippen LogP contribution in [0.2, 0.25) is 0 Å². The topological polar surface area (TPSA) is 36.1 Å². The fourth-order valence-electron chi connectivity index (χ4n) is 3.48. The summed E-state index contributed by atoms with van der Waals surface area (Å²) in [5.41, 5.74) is 5.15. The van der Waals surface area contributed by atoms with Crippen LogP contribution < -0.4 is 0 Å². The Balaban J connectivity index is 1.62. The lowest BCUT2D eigenvalue weighted by atomic mass is 9.98. The van der Waals surface area contributed by atoms with Gasteiger partial charge in [-0.25, -0.2) is 0 Å². The van der Waals surface area contributed by atoms with Crippen molar-refractivity contribution in [2.24, 2.45) is 0 Å². The van der Waals surface area contributed by atoms with E-state index in [4.69, 9.17) is 0 Å². The van der Waals surface area contributed by atoms with E-state index in [2.05, 4.69) is 37.0 Å². The highest BCUT2D eigenvalue weighted by Gasteiger charge is 2.24. The van der Waals surface area contributed by atoms with Gasteiger partial charge in [0, 0.05) is 46.5 Å². The van der Waals surface area contributed by atoms with E-state index in [1.54, 1.807) is 11.3 Å². The van der Waals surface area contributed by atoms with Gasteiger partial charge in [0.2, 0.25) is 5.91 Å². The lowest BCUT2D eigenvalue weighted by Gasteiger charge is -2.27. The van der Waals surface area contributed by atoms with Crippen molar-refractivity contribution >= 4 is 28.1 Å². The summed E-state index contributed by atoms with van der Waals surface area (Å²) in [6, 6.07) is 10.7. The molecule has 0 bridgehead atoms. The van der Waals surface area contributed by atoms with Gasteiger partial charge >= 0.3 is 0 Å². The van der Waals surface area contributed by atoms with E-state index in [0.717, 1.165) is 24.4 Å². The molecule has 3 heterocycles. The number of hydrogen-bond donors (Lipinski definition) is 1. The van der Waals surface area contributed by atoms with Crippen molar-refractivity contribution in [3.05, 3.63) is 57.4 Å². The molecule has 1 N–H and O–H groups in total. The smallest absolute Gasteiger partial charge is 0.228 e. The van der Waals surface area contributed by atoms with E-state index in [1.165, 1.54) is 27.7 Å². The van der Waals surface area contributed by atoms with Crippen LogP contribution >= 0.6 is 11.3 Å². The zero-order valence-electron chi connectivity index (χ0n) is 14.1. The molecular formula is C20H22N2OS. The summed E-state index contributed by atoms with van der Waals surface area (Å²) in [6.45, 7) is 5.97. The highest BCUT2D eigenvalue weighted by molar-refractivity contribution is 7.10. The van der Waals surface area contributed by atoms with Gasteiger partial charge in [0.15, 0.2) is 0 Å². The molecule has 124 valence electrons. The number of amides is 1. The molecule has 0 spiro atoms. The number of thiophene rings is 1. The number of H-pyrrole nitrogens is 1. The van der Waals surface area contributed by atoms with Gasteiger partial charge < -0.3 is 9.88 Å². The second-order valence-electron chi connectivity index (χ2n) is 6.86. The van der Waals surface area contributed by atoms with Crippen LogP contribution in [0.3, 0.4) is 0 Å². The molecule has 2 aromatic heterocycles. The summed E-state index contributed by atoms with van der Waals surface area (Å²) in [4.78, 5) is 19.3. The minimum atomic E-state index is 0.234. The summed E-state index contributed by atoms with van der Waals surface area (Å²) in [5, 5.41) is 3.31. The minimum Gasteiger partial charge on any atom is -0.358 e. The van der Waals surface area contributed by atoms with Crippen LogP contribution in [0.4, 0.5) is 0 Å². The van der Waals surface area contributed by atoms with E-state index >= 15 is 0 Å². The number of carbonyl (C=O) groups is 1.